The lowest BCUT2D eigenvalue weighted by molar-refractivity contribution is 0.144. The minimum atomic E-state index is -0.720. The smallest absolute Gasteiger partial charge is 0.0894 e. The highest BCUT2D eigenvalue weighted by Crippen LogP contribution is 2.12. The molecule has 21 heavy (non-hydrogen) atoms. The maximum atomic E-state index is 9.52. The molecular weight excluding hydrogens is 262 g/mol. The fraction of sp³-hybridized carbons (Fsp3) is 0.889. The standard InChI is InChI=1S/C18H37NO2/c1-2-3-4-5-6-7-8-9-10-11-12-13-14-15-18(21)17(19)16-20/h14-15,17-18,20-21H,2-13,16,19H2,1H3/t17-,18+/m0/s1. The first-order chi connectivity index (χ1) is 10.2. The zero-order valence-corrected chi connectivity index (χ0v) is 14.0. The molecule has 0 aromatic heterocycles. The van der Waals surface area contributed by atoms with Crippen LogP contribution in [0.3, 0.4) is 0 Å². The van der Waals surface area contributed by atoms with Crippen molar-refractivity contribution in [3.05, 3.63) is 12.2 Å². The third kappa shape index (κ3) is 14.3. The summed E-state index contributed by atoms with van der Waals surface area (Å²) >= 11 is 0. The Morgan fingerprint density at radius 3 is 1.81 bits per heavy atom. The molecule has 0 radical (unpaired) electrons. The van der Waals surface area contributed by atoms with Crippen LogP contribution in [0.5, 0.6) is 0 Å². The number of hydrogen-bond donors (Lipinski definition) is 3. The van der Waals surface area contributed by atoms with Gasteiger partial charge in [0.15, 0.2) is 0 Å². The van der Waals surface area contributed by atoms with Gasteiger partial charge in [-0.1, -0.05) is 83.3 Å². The molecule has 0 aliphatic heterocycles. The number of hydrogen-bond acceptors (Lipinski definition) is 3. The van der Waals surface area contributed by atoms with Gasteiger partial charge in [-0.15, -0.1) is 0 Å². The van der Waals surface area contributed by atoms with Crippen LogP contribution >= 0.6 is 0 Å². The number of aliphatic hydroxyl groups excluding tert-OH is 2. The summed E-state index contributed by atoms with van der Waals surface area (Å²) in [6, 6.07) is -0.557. The van der Waals surface area contributed by atoms with Gasteiger partial charge in [0, 0.05) is 0 Å². The molecule has 0 saturated heterocycles. The highest BCUT2D eigenvalue weighted by molar-refractivity contribution is 4.93. The first-order valence-corrected chi connectivity index (χ1v) is 8.93. The fourth-order valence-electron chi connectivity index (χ4n) is 2.41. The minimum Gasteiger partial charge on any atom is -0.395 e. The number of rotatable bonds is 15. The van der Waals surface area contributed by atoms with Gasteiger partial charge in [-0.2, -0.15) is 0 Å². The first kappa shape index (κ1) is 20.6. The molecule has 4 N–H and O–H groups in total. The van der Waals surface area contributed by atoms with Gasteiger partial charge in [-0.25, -0.2) is 0 Å². The lowest BCUT2D eigenvalue weighted by Crippen LogP contribution is -2.36. The largest absolute Gasteiger partial charge is 0.395 e. The molecule has 0 saturated carbocycles. The van der Waals surface area contributed by atoms with Gasteiger partial charge in [0.2, 0.25) is 0 Å². The van der Waals surface area contributed by atoms with Crippen LogP contribution in [0.4, 0.5) is 0 Å². The molecule has 0 rings (SSSR count). The summed E-state index contributed by atoms with van der Waals surface area (Å²) in [6.07, 6.45) is 18.8. The van der Waals surface area contributed by atoms with Crippen LogP contribution < -0.4 is 5.73 Å². The minimum absolute atomic E-state index is 0.177. The number of unbranched alkanes of at least 4 members (excludes halogenated alkanes) is 11. The van der Waals surface area contributed by atoms with Gasteiger partial charge in [-0.3, -0.25) is 0 Å². The average molecular weight is 299 g/mol. The molecule has 0 aromatic carbocycles. The molecule has 0 fully saturated rings. The van der Waals surface area contributed by atoms with Crippen LogP contribution in [-0.2, 0) is 0 Å². The molecule has 0 amide bonds. The molecule has 3 nitrogen and oxygen atoms in total. The van der Waals surface area contributed by atoms with E-state index in [9.17, 15) is 5.11 Å². The van der Waals surface area contributed by atoms with Crippen LogP contribution in [0, 0.1) is 0 Å². The van der Waals surface area contributed by atoms with Crippen molar-refractivity contribution in [3.63, 3.8) is 0 Å². The molecule has 0 aromatic rings. The monoisotopic (exact) mass is 299 g/mol. The highest BCUT2D eigenvalue weighted by atomic mass is 16.3. The third-order valence-electron chi connectivity index (χ3n) is 3.96. The highest BCUT2D eigenvalue weighted by Gasteiger charge is 2.08. The summed E-state index contributed by atoms with van der Waals surface area (Å²) in [5.41, 5.74) is 5.51. The quantitative estimate of drug-likeness (QED) is 0.317. The maximum absolute atomic E-state index is 9.52. The van der Waals surface area contributed by atoms with Crippen LogP contribution in [0.15, 0.2) is 12.2 Å². The van der Waals surface area contributed by atoms with E-state index in [1.165, 1.54) is 70.6 Å². The molecule has 126 valence electrons. The van der Waals surface area contributed by atoms with Crippen molar-refractivity contribution < 1.29 is 10.2 Å². The number of allylic oxidation sites excluding steroid dienone is 1. The summed E-state index contributed by atoms with van der Waals surface area (Å²) in [6.45, 7) is 2.08. The molecule has 3 heteroatoms. The molecule has 0 aliphatic carbocycles. The van der Waals surface area contributed by atoms with Gasteiger partial charge in [-0.05, 0) is 12.8 Å². The Morgan fingerprint density at radius 2 is 1.33 bits per heavy atom. The first-order valence-electron chi connectivity index (χ1n) is 8.93. The van der Waals surface area contributed by atoms with E-state index in [2.05, 4.69) is 6.92 Å². The van der Waals surface area contributed by atoms with Crippen molar-refractivity contribution in [2.24, 2.45) is 5.73 Å². The molecular formula is C18H37NO2. The van der Waals surface area contributed by atoms with Crippen LogP contribution in [0.2, 0.25) is 0 Å². The maximum Gasteiger partial charge on any atom is 0.0894 e. The summed E-state index contributed by atoms with van der Waals surface area (Å²) in [4.78, 5) is 0. The Morgan fingerprint density at radius 1 is 0.857 bits per heavy atom. The summed E-state index contributed by atoms with van der Waals surface area (Å²) in [5, 5.41) is 18.3. The molecule has 0 spiro atoms. The summed E-state index contributed by atoms with van der Waals surface area (Å²) in [7, 11) is 0. The average Bonchev–Trinajstić information content (AvgIpc) is 2.50. The molecule has 0 bridgehead atoms. The molecule has 0 unspecified atom stereocenters. The van der Waals surface area contributed by atoms with Gasteiger partial charge >= 0.3 is 0 Å². The van der Waals surface area contributed by atoms with Crippen LogP contribution in [-0.4, -0.2) is 29.0 Å². The number of aliphatic hydroxyl groups is 2. The lowest BCUT2D eigenvalue weighted by atomic mass is 10.0. The molecule has 0 heterocycles. The van der Waals surface area contributed by atoms with Crippen molar-refractivity contribution in [1.29, 1.82) is 0 Å². The van der Waals surface area contributed by atoms with E-state index in [4.69, 9.17) is 10.8 Å². The Labute approximate surface area is 131 Å². The second-order valence-electron chi connectivity index (χ2n) is 6.09. The summed E-state index contributed by atoms with van der Waals surface area (Å²) in [5.74, 6) is 0. The van der Waals surface area contributed by atoms with Gasteiger partial charge < -0.3 is 15.9 Å². The van der Waals surface area contributed by atoms with E-state index in [0.29, 0.717) is 0 Å². The van der Waals surface area contributed by atoms with E-state index >= 15 is 0 Å². The van der Waals surface area contributed by atoms with Crippen molar-refractivity contribution in [1.82, 2.24) is 0 Å². The predicted octanol–water partition coefficient (Wildman–Crippen LogP) is 3.92. The normalized spacial score (nSPS) is 14.7. The van der Waals surface area contributed by atoms with Gasteiger partial charge in [0.05, 0.1) is 18.8 Å². The van der Waals surface area contributed by atoms with E-state index in [1.807, 2.05) is 6.08 Å². The van der Waals surface area contributed by atoms with E-state index in [1.54, 1.807) is 6.08 Å². The zero-order chi connectivity index (χ0) is 15.8. The van der Waals surface area contributed by atoms with E-state index < -0.39 is 12.1 Å². The van der Waals surface area contributed by atoms with Gasteiger partial charge in [0.1, 0.15) is 0 Å². The van der Waals surface area contributed by atoms with Crippen molar-refractivity contribution in [2.75, 3.05) is 6.61 Å². The fourth-order valence-corrected chi connectivity index (χ4v) is 2.41. The van der Waals surface area contributed by atoms with Crippen LogP contribution in [0.1, 0.15) is 84.0 Å². The topological polar surface area (TPSA) is 66.5 Å². The van der Waals surface area contributed by atoms with Crippen LogP contribution in [0.25, 0.3) is 0 Å². The molecule has 2 atom stereocenters. The Kier molecular flexibility index (Phi) is 15.7. The zero-order valence-electron chi connectivity index (χ0n) is 14.0. The summed E-state index contributed by atoms with van der Waals surface area (Å²) < 4.78 is 0. The van der Waals surface area contributed by atoms with Gasteiger partial charge in [0.25, 0.3) is 0 Å². The number of nitrogens with two attached hydrogens (primary N) is 1. The third-order valence-corrected chi connectivity index (χ3v) is 3.96. The van der Waals surface area contributed by atoms with Crippen molar-refractivity contribution in [3.8, 4) is 0 Å². The second-order valence-corrected chi connectivity index (χ2v) is 6.09. The predicted molar refractivity (Wildman–Crippen MR) is 91.3 cm³/mol. The Balaban J connectivity index is 3.20. The Bertz CT molecular complexity index is 231. The van der Waals surface area contributed by atoms with Crippen molar-refractivity contribution >= 4 is 0 Å². The second kappa shape index (κ2) is 16.0. The lowest BCUT2D eigenvalue weighted by Gasteiger charge is -2.11. The van der Waals surface area contributed by atoms with E-state index in [0.717, 1.165) is 6.42 Å². The Hall–Kier alpha value is -0.380. The molecule has 0 aliphatic rings. The van der Waals surface area contributed by atoms with E-state index in [-0.39, 0.29) is 6.61 Å². The SMILES string of the molecule is CCCCCCCCCCCCCC=C[C@@H](O)[C@@H](N)CO. The van der Waals surface area contributed by atoms with Crippen molar-refractivity contribution in [2.45, 2.75) is 96.1 Å².